The fraction of sp³-hybridized carbons (Fsp3) is 0.438. The number of carbonyl (C=O) groups is 1. The van der Waals surface area contributed by atoms with Crippen LogP contribution in [-0.4, -0.2) is 29.7 Å². The second-order valence-corrected chi connectivity index (χ2v) is 6.54. The smallest absolute Gasteiger partial charge is 0.410 e. The van der Waals surface area contributed by atoms with E-state index in [9.17, 15) is 4.79 Å². The van der Waals surface area contributed by atoms with E-state index in [1.807, 2.05) is 43.3 Å². The predicted molar refractivity (Wildman–Crippen MR) is 86.1 cm³/mol. The van der Waals surface area contributed by atoms with Crippen LogP contribution in [0.4, 0.5) is 4.79 Å². The maximum atomic E-state index is 12.3. The minimum atomic E-state index is -0.305. The monoisotopic (exact) mass is 366 g/mol. The summed E-state index contributed by atoms with van der Waals surface area (Å²) in [7, 11) is 0. The van der Waals surface area contributed by atoms with E-state index in [1.54, 1.807) is 4.90 Å². The van der Waals surface area contributed by atoms with Crippen LogP contribution in [0.25, 0.3) is 0 Å². The molecule has 1 N–H and O–H groups in total. The Labute approximate surface area is 138 Å². The summed E-state index contributed by atoms with van der Waals surface area (Å²) >= 11 is 3.37. The van der Waals surface area contributed by atoms with E-state index >= 15 is 0 Å². The lowest BCUT2D eigenvalue weighted by Crippen LogP contribution is -2.47. The summed E-state index contributed by atoms with van der Waals surface area (Å²) < 4.78 is 6.40. The van der Waals surface area contributed by atoms with Crippen LogP contribution in [-0.2, 0) is 9.57 Å². The largest absolute Gasteiger partial charge is 0.442 e. The lowest BCUT2D eigenvalue weighted by atomic mass is 9.92. The normalized spacial score (nSPS) is 21.2. The number of benzene rings is 1. The highest BCUT2D eigenvalue weighted by Gasteiger charge is 2.39. The maximum Gasteiger partial charge on any atom is 0.410 e. The first-order valence-corrected chi connectivity index (χ1v) is 8.20. The molecule has 1 atom stereocenters. The summed E-state index contributed by atoms with van der Waals surface area (Å²) in [6, 6.07) is 9.76. The minimum absolute atomic E-state index is 0.247. The number of halogens is 1. The van der Waals surface area contributed by atoms with Crippen LogP contribution in [0.3, 0.4) is 0 Å². The first kappa shape index (κ1) is 15.4. The highest BCUT2D eigenvalue weighted by atomic mass is 79.9. The van der Waals surface area contributed by atoms with Gasteiger partial charge in [0.05, 0.1) is 0 Å². The Morgan fingerprint density at radius 3 is 2.64 bits per heavy atom. The summed E-state index contributed by atoms with van der Waals surface area (Å²) in [6.07, 6.45) is 3.03. The molecule has 22 heavy (non-hydrogen) atoms. The number of piperidine rings is 1. The van der Waals surface area contributed by atoms with Gasteiger partial charge in [0, 0.05) is 25.9 Å². The minimum Gasteiger partial charge on any atom is -0.442 e. The van der Waals surface area contributed by atoms with Gasteiger partial charge < -0.3 is 9.64 Å². The second kappa shape index (κ2) is 6.30. The van der Waals surface area contributed by atoms with Gasteiger partial charge >= 0.3 is 6.09 Å². The van der Waals surface area contributed by atoms with Gasteiger partial charge in [-0.2, -0.15) is 0 Å². The Hall–Kier alpha value is -1.53. The average molecular weight is 367 g/mol. The number of ether oxygens (including phenoxy) is 1. The van der Waals surface area contributed by atoms with Gasteiger partial charge in [0.25, 0.3) is 0 Å². The van der Waals surface area contributed by atoms with Gasteiger partial charge in [0.1, 0.15) is 16.3 Å². The third-order valence-corrected chi connectivity index (χ3v) is 4.55. The van der Waals surface area contributed by atoms with E-state index in [0.717, 1.165) is 23.0 Å². The van der Waals surface area contributed by atoms with Gasteiger partial charge in [-0.1, -0.05) is 30.3 Å². The SMILES string of the molecule is CC(OC(=O)N1CCC2(C=C(Br)NO2)CC1)c1ccccc1. The van der Waals surface area contributed by atoms with E-state index < -0.39 is 0 Å². The molecule has 3 rings (SSSR count). The average Bonchev–Trinajstić information content (AvgIpc) is 2.89. The van der Waals surface area contributed by atoms with Crippen molar-refractivity contribution in [2.24, 2.45) is 0 Å². The molecular formula is C16H19BrN2O3. The van der Waals surface area contributed by atoms with Crippen molar-refractivity contribution in [1.29, 1.82) is 0 Å². The zero-order valence-electron chi connectivity index (χ0n) is 12.4. The van der Waals surface area contributed by atoms with Crippen molar-refractivity contribution in [3.8, 4) is 0 Å². The molecule has 1 fully saturated rings. The first-order chi connectivity index (χ1) is 10.6. The summed E-state index contributed by atoms with van der Waals surface area (Å²) in [5.74, 6) is 0. The lowest BCUT2D eigenvalue weighted by molar-refractivity contribution is -0.0710. The number of hydrogen-bond acceptors (Lipinski definition) is 4. The summed E-state index contributed by atoms with van der Waals surface area (Å²) in [6.45, 7) is 3.14. The number of rotatable bonds is 2. The molecule has 1 saturated heterocycles. The molecule has 1 unspecified atom stereocenters. The number of likely N-dealkylation sites (tertiary alicyclic amines) is 1. The van der Waals surface area contributed by atoms with Crippen LogP contribution < -0.4 is 5.48 Å². The molecule has 1 spiro atoms. The van der Waals surface area contributed by atoms with Gasteiger partial charge in [-0.15, -0.1) is 0 Å². The third kappa shape index (κ3) is 3.28. The van der Waals surface area contributed by atoms with Gasteiger partial charge in [-0.25, -0.2) is 4.79 Å². The fourth-order valence-electron chi connectivity index (χ4n) is 2.77. The van der Waals surface area contributed by atoms with Crippen molar-refractivity contribution >= 4 is 22.0 Å². The molecular weight excluding hydrogens is 348 g/mol. The summed E-state index contributed by atoms with van der Waals surface area (Å²) in [4.78, 5) is 19.6. The molecule has 0 aliphatic carbocycles. The van der Waals surface area contributed by atoms with Crippen LogP contribution in [0.5, 0.6) is 0 Å². The van der Waals surface area contributed by atoms with Crippen molar-refractivity contribution < 1.29 is 14.4 Å². The number of carbonyl (C=O) groups excluding carboxylic acids is 1. The summed E-state index contributed by atoms with van der Waals surface area (Å²) in [5, 5.41) is 0. The first-order valence-electron chi connectivity index (χ1n) is 7.41. The molecule has 0 saturated carbocycles. The molecule has 0 bridgehead atoms. The zero-order chi connectivity index (χ0) is 15.6. The van der Waals surface area contributed by atoms with Crippen molar-refractivity contribution in [3.05, 3.63) is 46.6 Å². The van der Waals surface area contributed by atoms with Crippen molar-refractivity contribution in [1.82, 2.24) is 10.4 Å². The third-order valence-electron chi connectivity index (χ3n) is 4.16. The number of amides is 1. The summed E-state index contributed by atoms with van der Waals surface area (Å²) in [5.41, 5.74) is 3.52. The maximum absolute atomic E-state index is 12.3. The molecule has 0 radical (unpaired) electrons. The van der Waals surface area contributed by atoms with Crippen LogP contribution in [0, 0.1) is 0 Å². The lowest BCUT2D eigenvalue weighted by Gasteiger charge is -2.36. The number of nitrogens with one attached hydrogen (secondary N) is 1. The van der Waals surface area contributed by atoms with Gasteiger partial charge in [-0.3, -0.25) is 10.3 Å². The van der Waals surface area contributed by atoms with Gasteiger partial charge in [-0.05, 0) is 34.5 Å². The number of nitrogens with zero attached hydrogens (tertiary/aromatic N) is 1. The van der Waals surface area contributed by atoms with E-state index in [4.69, 9.17) is 9.57 Å². The van der Waals surface area contributed by atoms with Crippen LogP contribution in [0.1, 0.15) is 31.4 Å². The quantitative estimate of drug-likeness (QED) is 0.813. The van der Waals surface area contributed by atoms with E-state index in [-0.39, 0.29) is 17.8 Å². The Bertz CT molecular complexity index is 568. The molecule has 0 aromatic heterocycles. The van der Waals surface area contributed by atoms with Gasteiger partial charge in [0.2, 0.25) is 0 Å². The molecule has 2 aliphatic heterocycles. The van der Waals surface area contributed by atoms with Crippen molar-refractivity contribution in [2.45, 2.75) is 31.5 Å². The van der Waals surface area contributed by atoms with E-state index in [2.05, 4.69) is 21.4 Å². The standard InChI is InChI=1S/C16H19BrN2O3/c1-12(13-5-3-2-4-6-13)21-15(20)19-9-7-16(8-10-19)11-14(17)18-22-16/h2-6,11-12,18H,7-10H2,1H3. The molecule has 2 aliphatic rings. The Balaban J connectivity index is 1.54. The molecule has 6 heteroatoms. The van der Waals surface area contributed by atoms with Crippen molar-refractivity contribution in [3.63, 3.8) is 0 Å². The van der Waals surface area contributed by atoms with Crippen LogP contribution in [0.15, 0.2) is 41.0 Å². The topological polar surface area (TPSA) is 50.8 Å². The van der Waals surface area contributed by atoms with Crippen LogP contribution >= 0.6 is 15.9 Å². The number of hydroxylamine groups is 1. The molecule has 1 amide bonds. The Kier molecular flexibility index (Phi) is 4.40. The molecule has 118 valence electrons. The highest BCUT2D eigenvalue weighted by Crippen LogP contribution is 2.33. The van der Waals surface area contributed by atoms with Crippen molar-refractivity contribution in [2.75, 3.05) is 13.1 Å². The Morgan fingerprint density at radius 2 is 2.05 bits per heavy atom. The fourth-order valence-corrected chi connectivity index (χ4v) is 3.27. The molecule has 2 heterocycles. The molecule has 5 nitrogen and oxygen atoms in total. The Morgan fingerprint density at radius 1 is 1.36 bits per heavy atom. The van der Waals surface area contributed by atoms with E-state index in [1.165, 1.54) is 0 Å². The second-order valence-electron chi connectivity index (χ2n) is 5.68. The predicted octanol–water partition coefficient (Wildman–Crippen LogP) is 3.49. The van der Waals surface area contributed by atoms with Gasteiger partial charge in [0.15, 0.2) is 0 Å². The highest BCUT2D eigenvalue weighted by molar-refractivity contribution is 9.11. The zero-order valence-corrected chi connectivity index (χ0v) is 14.0. The molecule has 1 aromatic rings. The molecule has 1 aromatic carbocycles. The van der Waals surface area contributed by atoms with Crippen LogP contribution in [0.2, 0.25) is 0 Å². The van der Waals surface area contributed by atoms with E-state index in [0.29, 0.717) is 13.1 Å². The number of hydrogen-bond donors (Lipinski definition) is 1.